The first kappa shape index (κ1) is 19.5. The molecule has 1 fully saturated rings. The number of hydrogen-bond acceptors (Lipinski definition) is 4. The van der Waals surface area contributed by atoms with Crippen molar-refractivity contribution < 1.29 is 9.50 Å². The minimum atomic E-state index is -0.343. The van der Waals surface area contributed by atoms with Crippen molar-refractivity contribution in [1.29, 1.82) is 0 Å². The van der Waals surface area contributed by atoms with Gasteiger partial charge in [0.25, 0.3) is 0 Å². The second-order valence-corrected chi connectivity index (χ2v) is 7.46. The number of rotatable bonds is 6. The highest BCUT2D eigenvalue weighted by Gasteiger charge is 2.26. The molecule has 3 aromatic rings. The van der Waals surface area contributed by atoms with Crippen molar-refractivity contribution in [2.75, 3.05) is 31.1 Å². The van der Waals surface area contributed by atoms with Crippen LogP contribution in [-0.2, 0) is 0 Å². The molecule has 1 atom stereocenters. The van der Waals surface area contributed by atoms with Gasteiger partial charge in [0.05, 0.1) is 11.3 Å². The van der Waals surface area contributed by atoms with Gasteiger partial charge in [-0.3, -0.25) is 9.89 Å². The number of benzene rings is 2. The summed E-state index contributed by atoms with van der Waals surface area (Å²) in [6, 6.07) is 13.1. The summed E-state index contributed by atoms with van der Waals surface area (Å²) in [7, 11) is 0. The van der Waals surface area contributed by atoms with Crippen LogP contribution in [0.15, 0.2) is 47.5 Å². The predicted octanol–water partition coefficient (Wildman–Crippen LogP) is 4.68. The molecule has 0 saturated carbocycles. The summed E-state index contributed by atoms with van der Waals surface area (Å²) in [6.45, 7) is 8.75. The summed E-state index contributed by atoms with van der Waals surface area (Å²) in [5.74, 6) is -0.352. The number of halogens is 1. The Morgan fingerprint density at radius 2 is 1.97 bits per heavy atom. The highest BCUT2D eigenvalue weighted by Crippen LogP contribution is 2.28. The van der Waals surface area contributed by atoms with Crippen LogP contribution in [0.5, 0.6) is 5.88 Å². The van der Waals surface area contributed by atoms with Gasteiger partial charge in [-0.1, -0.05) is 13.8 Å². The van der Waals surface area contributed by atoms with Crippen molar-refractivity contribution >= 4 is 28.5 Å². The van der Waals surface area contributed by atoms with Crippen LogP contribution in [0.2, 0.25) is 0 Å². The summed E-state index contributed by atoms with van der Waals surface area (Å²) in [6.07, 6.45) is 2.77. The van der Waals surface area contributed by atoms with Crippen molar-refractivity contribution in [3.63, 3.8) is 0 Å². The van der Waals surface area contributed by atoms with Crippen LogP contribution in [0.4, 0.5) is 15.8 Å². The molecule has 29 heavy (non-hydrogen) atoms. The molecule has 1 aliphatic heterocycles. The Kier molecular flexibility index (Phi) is 5.53. The third-order valence-corrected chi connectivity index (χ3v) is 5.83. The zero-order valence-electron chi connectivity index (χ0n) is 16.9. The van der Waals surface area contributed by atoms with E-state index in [4.69, 9.17) is 0 Å². The number of aliphatic imine (C=N–C) groups is 1. The van der Waals surface area contributed by atoms with Crippen molar-refractivity contribution in [3.05, 3.63) is 53.8 Å². The quantitative estimate of drug-likeness (QED) is 0.597. The number of anilines is 1. The Morgan fingerprint density at radius 1 is 1.21 bits per heavy atom. The molecule has 4 rings (SSSR count). The average molecular weight is 394 g/mol. The Morgan fingerprint density at radius 3 is 2.69 bits per heavy atom. The Balaban J connectivity index is 1.48. The smallest absolute Gasteiger partial charge is 0.198 e. The van der Waals surface area contributed by atoms with Crippen molar-refractivity contribution in [2.45, 2.75) is 26.3 Å². The molecule has 0 amide bonds. The van der Waals surface area contributed by atoms with Gasteiger partial charge < -0.3 is 15.0 Å². The van der Waals surface area contributed by atoms with Crippen LogP contribution in [0.3, 0.4) is 0 Å². The fourth-order valence-electron chi connectivity index (χ4n) is 4.20. The van der Waals surface area contributed by atoms with Crippen molar-refractivity contribution in [2.24, 2.45) is 4.99 Å². The molecule has 2 heterocycles. The largest absolute Gasteiger partial charge is 0.494 e. The molecule has 1 unspecified atom stereocenters. The highest BCUT2D eigenvalue weighted by atomic mass is 19.1. The van der Waals surface area contributed by atoms with E-state index in [0.29, 0.717) is 22.5 Å². The zero-order chi connectivity index (χ0) is 20.4. The lowest BCUT2D eigenvalue weighted by Gasteiger charge is -2.26. The van der Waals surface area contributed by atoms with E-state index in [0.717, 1.165) is 31.9 Å². The molecule has 1 saturated heterocycles. The van der Waals surface area contributed by atoms with Gasteiger partial charge in [0, 0.05) is 41.9 Å². The first-order valence-electron chi connectivity index (χ1n) is 10.2. The molecule has 0 aliphatic carbocycles. The van der Waals surface area contributed by atoms with E-state index >= 15 is 0 Å². The van der Waals surface area contributed by atoms with E-state index in [2.05, 4.69) is 45.8 Å². The normalized spacial score (nSPS) is 17.2. The maximum atomic E-state index is 13.6. The first-order chi connectivity index (χ1) is 14.1. The number of hydrogen-bond donors (Lipinski definition) is 2. The molecule has 0 spiro atoms. The molecule has 6 heteroatoms. The monoisotopic (exact) mass is 394 g/mol. The van der Waals surface area contributed by atoms with Gasteiger partial charge in [-0.05, 0) is 62.0 Å². The third kappa shape index (κ3) is 3.98. The number of H-pyrrole nitrogens is 1. The lowest BCUT2D eigenvalue weighted by molar-refractivity contribution is 0.232. The summed E-state index contributed by atoms with van der Waals surface area (Å²) in [5.41, 5.74) is 3.16. The van der Waals surface area contributed by atoms with E-state index < -0.39 is 0 Å². The van der Waals surface area contributed by atoms with E-state index in [-0.39, 0.29) is 11.7 Å². The van der Waals surface area contributed by atoms with Gasteiger partial charge in [-0.15, -0.1) is 0 Å². The summed E-state index contributed by atoms with van der Waals surface area (Å²) < 4.78 is 13.6. The number of fused-ring (bicyclic) bond motifs is 1. The maximum absolute atomic E-state index is 13.6. The molecule has 5 nitrogen and oxygen atoms in total. The lowest BCUT2D eigenvalue weighted by Crippen LogP contribution is -2.37. The minimum Gasteiger partial charge on any atom is -0.494 e. The molecular formula is C23H27FN4O. The van der Waals surface area contributed by atoms with E-state index in [1.54, 1.807) is 12.3 Å². The summed E-state index contributed by atoms with van der Waals surface area (Å²) in [4.78, 5) is 12.3. The number of nitrogens with one attached hydrogen (secondary N) is 1. The van der Waals surface area contributed by atoms with Crippen molar-refractivity contribution in [3.8, 4) is 5.88 Å². The van der Waals surface area contributed by atoms with E-state index in [1.165, 1.54) is 24.2 Å². The first-order valence-corrected chi connectivity index (χ1v) is 10.2. The second kappa shape index (κ2) is 8.25. The zero-order valence-corrected chi connectivity index (χ0v) is 16.9. The van der Waals surface area contributed by atoms with Crippen LogP contribution >= 0.6 is 0 Å². The number of likely N-dealkylation sites (N-methyl/N-ethyl adjacent to an activating group) is 1. The van der Waals surface area contributed by atoms with Gasteiger partial charge in [0.15, 0.2) is 5.88 Å². The third-order valence-electron chi connectivity index (χ3n) is 5.83. The number of aromatic nitrogens is 1. The number of aromatic hydroxyl groups is 1. The fourth-order valence-corrected chi connectivity index (χ4v) is 4.20. The van der Waals surface area contributed by atoms with Gasteiger partial charge in [0.1, 0.15) is 5.82 Å². The molecular weight excluding hydrogens is 367 g/mol. The topological polar surface area (TPSA) is 54.9 Å². The van der Waals surface area contributed by atoms with Crippen molar-refractivity contribution in [1.82, 2.24) is 9.88 Å². The number of aromatic amines is 1. The Labute approximate surface area is 170 Å². The molecule has 1 aliphatic rings. The van der Waals surface area contributed by atoms with E-state index in [9.17, 15) is 9.50 Å². The van der Waals surface area contributed by atoms with Gasteiger partial charge >= 0.3 is 0 Å². The van der Waals surface area contributed by atoms with Crippen LogP contribution < -0.4 is 4.90 Å². The SMILES string of the molecule is CCN(CC)C1CCN(c2ccc(N=Cc3c(O)[nH]c4ccc(F)cc34)cc2)C1. The predicted molar refractivity (Wildman–Crippen MR) is 117 cm³/mol. The van der Waals surface area contributed by atoms with Gasteiger partial charge in [0.2, 0.25) is 0 Å². The molecule has 2 N–H and O–H groups in total. The Hall–Kier alpha value is -2.86. The van der Waals surface area contributed by atoms with Crippen LogP contribution in [-0.4, -0.2) is 53.4 Å². The molecule has 1 aromatic heterocycles. The lowest BCUT2D eigenvalue weighted by atomic mass is 10.2. The van der Waals surface area contributed by atoms with E-state index in [1.807, 2.05) is 12.1 Å². The molecule has 2 aromatic carbocycles. The molecule has 0 radical (unpaired) electrons. The van der Waals surface area contributed by atoms with Gasteiger partial charge in [-0.25, -0.2) is 4.39 Å². The van der Waals surface area contributed by atoms with Crippen LogP contribution in [0.1, 0.15) is 25.8 Å². The second-order valence-electron chi connectivity index (χ2n) is 7.46. The summed E-state index contributed by atoms with van der Waals surface area (Å²) >= 11 is 0. The molecule has 0 bridgehead atoms. The van der Waals surface area contributed by atoms with Crippen LogP contribution in [0.25, 0.3) is 10.9 Å². The summed E-state index contributed by atoms with van der Waals surface area (Å²) in [5, 5.41) is 10.7. The Bertz CT molecular complexity index is 1010. The average Bonchev–Trinajstić information content (AvgIpc) is 3.32. The standard InChI is InChI=1S/C23H27FN4O/c1-3-27(4-2)19-11-12-28(15-19)18-8-6-17(7-9-18)25-14-21-20-13-16(24)5-10-22(20)26-23(21)29/h5-10,13-14,19,26,29H,3-4,11-12,15H2,1-2H3. The van der Waals surface area contributed by atoms with Crippen LogP contribution in [0, 0.1) is 5.82 Å². The number of nitrogens with zero attached hydrogens (tertiary/aromatic N) is 3. The van der Waals surface area contributed by atoms with Gasteiger partial charge in [-0.2, -0.15) is 0 Å². The fraction of sp³-hybridized carbons (Fsp3) is 0.348. The maximum Gasteiger partial charge on any atom is 0.198 e. The molecule has 152 valence electrons. The highest BCUT2D eigenvalue weighted by molar-refractivity contribution is 6.02. The minimum absolute atomic E-state index is 0.00881.